The van der Waals surface area contributed by atoms with E-state index >= 15 is 0 Å². The summed E-state index contributed by atoms with van der Waals surface area (Å²) >= 11 is 4.49. The molecule has 3 heterocycles. The summed E-state index contributed by atoms with van der Waals surface area (Å²) in [5.41, 5.74) is 1.64. The Morgan fingerprint density at radius 2 is 2.12 bits per heavy atom. The Bertz CT molecular complexity index is 1060. The van der Waals surface area contributed by atoms with Crippen LogP contribution in [0.5, 0.6) is 0 Å². The summed E-state index contributed by atoms with van der Waals surface area (Å²) in [5.74, 6) is -0.559. The van der Waals surface area contributed by atoms with Crippen molar-refractivity contribution in [1.82, 2.24) is 19.9 Å². The first-order valence-corrected chi connectivity index (χ1v) is 10.6. The van der Waals surface area contributed by atoms with Gasteiger partial charge >= 0.3 is 6.09 Å². The predicted octanol–water partition coefficient (Wildman–Crippen LogP) is 1.50. The van der Waals surface area contributed by atoms with Gasteiger partial charge in [-0.05, 0) is 37.3 Å². The number of nitrogens with zero attached hydrogens (tertiary/aromatic N) is 7. The van der Waals surface area contributed by atoms with Crippen molar-refractivity contribution in [3.05, 3.63) is 35.9 Å². The van der Waals surface area contributed by atoms with Crippen LogP contribution in [0.3, 0.4) is 0 Å². The van der Waals surface area contributed by atoms with Gasteiger partial charge in [0.1, 0.15) is 18.5 Å². The van der Waals surface area contributed by atoms with Gasteiger partial charge in [-0.25, -0.2) is 18.9 Å². The molecule has 2 aromatic rings. The van der Waals surface area contributed by atoms with E-state index in [9.17, 15) is 14.0 Å². The Hall–Kier alpha value is -3.37. The second-order valence-electron chi connectivity index (χ2n) is 7.61. The molecule has 1 atom stereocenters. The lowest BCUT2D eigenvalue weighted by Crippen LogP contribution is -2.49. The van der Waals surface area contributed by atoms with Crippen molar-refractivity contribution < 1.29 is 18.7 Å². The average Bonchev–Trinajstić information content (AvgIpc) is 3.36. The standard InChI is InChI=1S/C20H22FN7O3S/c1-14-10-27(24-23-14)11-16-12-28(20(30)31-16)15-2-3-18(17(21)8-15)25-4-6-26(7-5-25)19(29)9-22-13-32/h2-3,8,10,16H,4-7,9,11-12H2,1H3/t16-/m0/s1. The molecule has 2 aliphatic heterocycles. The Balaban J connectivity index is 1.38. The minimum absolute atomic E-state index is 0.0179. The van der Waals surface area contributed by atoms with Crippen molar-refractivity contribution in [1.29, 1.82) is 0 Å². The van der Waals surface area contributed by atoms with Crippen molar-refractivity contribution in [3.8, 4) is 0 Å². The van der Waals surface area contributed by atoms with Gasteiger partial charge in [-0.15, -0.1) is 5.10 Å². The number of aliphatic imine (C=N–C) groups is 1. The number of piperazine rings is 1. The minimum Gasteiger partial charge on any atom is -0.442 e. The lowest BCUT2D eigenvalue weighted by Gasteiger charge is -2.36. The number of aromatic nitrogens is 3. The smallest absolute Gasteiger partial charge is 0.414 e. The fourth-order valence-electron chi connectivity index (χ4n) is 3.84. The second-order valence-corrected chi connectivity index (χ2v) is 7.79. The van der Waals surface area contributed by atoms with Gasteiger partial charge in [0, 0.05) is 32.4 Å². The minimum atomic E-state index is -0.523. The molecule has 0 spiro atoms. The lowest BCUT2D eigenvalue weighted by molar-refractivity contribution is -0.129. The first kappa shape index (κ1) is 21.8. The largest absolute Gasteiger partial charge is 0.442 e. The van der Waals surface area contributed by atoms with Crippen molar-refractivity contribution in [3.63, 3.8) is 0 Å². The number of carbonyl (C=O) groups is 2. The zero-order chi connectivity index (χ0) is 22.7. The third kappa shape index (κ3) is 4.76. The summed E-state index contributed by atoms with van der Waals surface area (Å²) in [4.78, 5) is 33.0. The zero-order valence-electron chi connectivity index (χ0n) is 17.5. The van der Waals surface area contributed by atoms with E-state index in [1.165, 1.54) is 11.0 Å². The van der Waals surface area contributed by atoms with Crippen molar-refractivity contribution in [2.24, 2.45) is 4.99 Å². The number of hydrogen-bond donors (Lipinski definition) is 0. The Kier molecular flexibility index (Phi) is 6.42. The van der Waals surface area contributed by atoms with Gasteiger partial charge in [-0.3, -0.25) is 9.69 Å². The molecule has 0 N–H and O–H groups in total. The predicted molar refractivity (Wildman–Crippen MR) is 117 cm³/mol. The number of thiocarbonyl (C=S) groups is 1. The second kappa shape index (κ2) is 9.41. The third-order valence-electron chi connectivity index (χ3n) is 5.41. The molecule has 32 heavy (non-hydrogen) atoms. The number of halogens is 1. The van der Waals surface area contributed by atoms with Crippen LogP contribution < -0.4 is 9.80 Å². The molecular weight excluding hydrogens is 437 g/mol. The van der Waals surface area contributed by atoms with Crippen LogP contribution in [-0.2, 0) is 16.1 Å². The van der Waals surface area contributed by atoms with Crippen LogP contribution in [0.25, 0.3) is 0 Å². The topological polar surface area (TPSA) is 96.2 Å². The van der Waals surface area contributed by atoms with Crippen LogP contribution >= 0.6 is 12.2 Å². The zero-order valence-corrected chi connectivity index (χ0v) is 18.3. The number of hydrogen-bond acceptors (Lipinski definition) is 8. The Morgan fingerprint density at radius 3 is 2.78 bits per heavy atom. The summed E-state index contributed by atoms with van der Waals surface area (Å²) in [5, 5.41) is 10.1. The number of ether oxygens (including phenoxy) is 1. The number of rotatable bonds is 6. The monoisotopic (exact) mass is 459 g/mol. The summed E-state index contributed by atoms with van der Waals surface area (Å²) in [6.07, 6.45) is 0.841. The maximum atomic E-state index is 14.9. The average molecular weight is 460 g/mol. The molecule has 1 aromatic carbocycles. The molecule has 2 fully saturated rings. The Morgan fingerprint density at radius 1 is 1.34 bits per heavy atom. The van der Waals surface area contributed by atoms with E-state index in [4.69, 9.17) is 4.74 Å². The fraction of sp³-hybridized carbons (Fsp3) is 0.450. The summed E-state index contributed by atoms with van der Waals surface area (Å²) < 4.78 is 21.9. The summed E-state index contributed by atoms with van der Waals surface area (Å²) in [6.45, 7) is 4.40. The van der Waals surface area contributed by atoms with Crippen LogP contribution in [0.1, 0.15) is 5.69 Å². The van der Waals surface area contributed by atoms with Crippen LogP contribution in [0.15, 0.2) is 29.4 Å². The van der Waals surface area contributed by atoms with Crippen LogP contribution in [0, 0.1) is 12.7 Å². The van der Waals surface area contributed by atoms with Gasteiger partial charge in [0.2, 0.25) is 5.91 Å². The van der Waals surface area contributed by atoms with Gasteiger partial charge < -0.3 is 14.5 Å². The van der Waals surface area contributed by atoms with E-state index in [0.717, 1.165) is 5.69 Å². The highest BCUT2D eigenvalue weighted by atomic mass is 32.1. The maximum Gasteiger partial charge on any atom is 0.414 e. The fourth-order valence-corrected chi connectivity index (χ4v) is 3.90. The van der Waals surface area contributed by atoms with E-state index < -0.39 is 18.0 Å². The van der Waals surface area contributed by atoms with Crippen molar-refractivity contribution in [2.75, 3.05) is 49.1 Å². The molecule has 168 valence electrons. The number of anilines is 2. The molecule has 0 unspecified atom stereocenters. The summed E-state index contributed by atoms with van der Waals surface area (Å²) in [7, 11) is 0. The van der Waals surface area contributed by atoms with Gasteiger partial charge in [0.25, 0.3) is 0 Å². The van der Waals surface area contributed by atoms with Gasteiger partial charge in [0.15, 0.2) is 0 Å². The number of carbonyl (C=O) groups excluding carboxylic acids is 2. The molecule has 0 saturated carbocycles. The SMILES string of the molecule is Cc1cn(C[C@H]2CN(c3ccc(N4CCN(C(=O)CN=C=S)CC4)c(F)c3)C(=O)O2)nn1. The molecule has 2 aliphatic rings. The highest BCUT2D eigenvalue weighted by Gasteiger charge is 2.33. The number of amides is 2. The first-order valence-electron chi connectivity index (χ1n) is 10.2. The van der Waals surface area contributed by atoms with Crippen LogP contribution in [0.2, 0.25) is 0 Å². The van der Waals surface area contributed by atoms with Gasteiger partial charge in [-0.2, -0.15) is 0 Å². The summed E-state index contributed by atoms with van der Waals surface area (Å²) in [6, 6.07) is 4.69. The van der Waals surface area contributed by atoms with E-state index in [-0.39, 0.29) is 12.5 Å². The lowest BCUT2D eigenvalue weighted by atomic mass is 10.2. The van der Waals surface area contributed by atoms with E-state index in [1.54, 1.807) is 27.9 Å². The van der Waals surface area contributed by atoms with Crippen LogP contribution in [0.4, 0.5) is 20.6 Å². The molecule has 0 radical (unpaired) electrons. The van der Waals surface area contributed by atoms with Gasteiger partial charge in [0.05, 0.1) is 35.3 Å². The number of benzene rings is 1. The van der Waals surface area contributed by atoms with Gasteiger partial charge in [-0.1, -0.05) is 5.21 Å². The highest BCUT2D eigenvalue weighted by molar-refractivity contribution is 7.78. The van der Waals surface area contributed by atoms with Crippen molar-refractivity contribution in [2.45, 2.75) is 19.6 Å². The van der Waals surface area contributed by atoms with E-state index in [0.29, 0.717) is 50.6 Å². The molecule has 0 bridgehead atoms. The first-order chi connectivity index (χ1) is 15.4. The molecule has 1 aromatic heterocycles. The molecule has 2 amide bonds. The normalized spacial score (nSPS) is 18.5. The van der Waals surface area contributed by atoms with E-state index in [1.807, 2.05) is 11.8 Å². The number of aryl methyl sites for hydroxylation is 1. The number of isothiocyanates is 1. The number of cyclic esters (lactones) is 1. The van der Waals surface area contributed by atoms with Crippen molar-refractivity contribution >= 4 is 40.8 Å². The van der Waals surface area contributed by atoms with E-state index in [2.05, 4.69) is 32.7 Å². The quantitative estimate of drug-likeness (QED) is 0.477. The molecule has 10 nitrogen and oxygen atoms in total. The molecule has 2 saturated heterocycles. The third-order valence-corrected chi connectivity index (χ3v) is 5.54. The Labute approximate surface area is 189 Å². The highest BCUT2D eigenvalue weighted by Crippen LogP contribution is 2.29. The maximum absolute atomic E-state index is 14.9. The van der Waals surface area contributed by atoms with Crippen LogP contribution in [-0.4, -0.2) is 82.4 Å². The molecular formula is C20H22FN7O3S. The molecule has 4 rings (SSSR count). The molecule has 0 aliphatic carbocycles. The molecule has 12 heteroatoms.